The molecule has 1 aliphatic rings. The molecule has 0 bridgehead atoms. The van der Waals surface area contributed by atoms with Crippen LogP contribution >= 0.6 is 15.9 Å². The second-order valence-electron chi connectivity index (χ2n) is 4.66. The van der Waals surface area contributed by atoms with Crippen LogP contribution in [0, 0.1) is 0 Å². The van der Waals surface area contributed by atoms with Gasteiger partial charge in [0.25, 0.3) is 0 Å². The second kappa shape index (κ2) is 4.17. The van der Waals surface area contributed by atoms with Gasteiger partial charge in [-0.15, -0.1) is 0 Å². The van der Waals surface area contributed by atoms with Crippen molar-refractivity contribution in [2.45, 2.75) is 32.4 Å². The molecule has 94 valence electrons. The smallest absolute Gasteiger partial charge is 0.159 e. The van der Waals surface area contributed by atoms with Crippen LogP contribution < -0.4 is 0 Å². The highest BCUT2D eigenvalue weighted by Gasteiger charge is 2.23. The minimum Gasteiger partial charge on any atom is -0.385 e. The summed E-state index contributed by atoms with van der Waals surface area (Å²) in [4.78, 5) is 15.9. The zero-order valence-corrected chi connectivity index (χ0v) is 11.6. The largest absolute Gasteiger partial charge is 0.385 e. The number of fused-ring (bicyclic) bond motifs is 3. The fourth-order valence-corrected chi connectivity index (χ4v) is 3.15. The predicted molar refractivity (Wildman–Crippen MR) is 71.6 cm³/mol. The lowest BCUT2D eigenvalue weighted by atomic mass is 10.1. The Kier molecular flexibility index (Phi) is 2.75. The van der Waals surface area contributed by atoms with Gasteiger partial charge in [0.2, 0.25) is 0 Å². The number of carbonyl (C=O) groups excluding carboxylic acids is 1. The van der Waals surface area contributed by atoms with Crippen LogP contribution in [0.25, 0.3) is 11.0 Å². The number of carbonyl (C=O) groups is 1. The van der Waals surface area contributed by atoms with Gasteiger partial charge < -0.3 is 9.67 Å². The molecule has 0 aliphatic carbocycles. The predicted octanol–water partition coefficient (Wildman–Crippen LogP) is 2.83. The molecule has 0 unspecified atom stereocenters. The number of aryl methyl sites for hydroxylation is 1. The Morgan fingerprint density at radius 1 is 1.56 bits per heavy atom. The van der Waals surface area contributed by atoms with Crippen molar-refractivity contribution < 1.29 is 9.90 Å². The van der Waals surface area contributed by atoms with Crippen LogP contribution in [0.5, 0.6) is 0 Å². The molecule has 1 aromatic carbocycles. The number of ketones is 1. The molecule has 1 aromatic heterocycles. The number of nitrogens with zero attached hydrogens (tertiary/aromatic N) is 2. The Labute approximate surface area is 113 Å². The summed E-state index contributed by atoms with van der Waals surface area (Å²) in [5, 5.41) is 9.97. The quantitative estimate of drug-likeness (QED) is 0.824. The van der Waals surface area contributed by atoms with Crippen molar-refractivity contribution in [1.29, 1.82) is 0 Å². The third-order valence-corrected chi connectivity index (χ3v) is 3.99. The summed E-state index contributed by atoms with van der Waals surface area (Å²) in [5.74, 6) is 0.724. The average molecular weight is 309 g/mol. The van der Waals surface area contributed by atoms with Gasteiger partial charge in [-0.1, -0.05) is 0 Å². The summed E-state index contributed by atoms with van der Waals surface area (Å²) in [7, 11) is 0. The van der Waals surface area contributed by atoms with E-state index in [9.17, 15) is 9.90 Å². The van der Waals surface area contributed by atoms with Crippen LogP contribution in [0.15, 0.2) is 16.6 Å². The van der Waals surface area contributed by atoms with Crippen molar-refractivity contribution >= 4 is 32.7 Å². The molecule has 1 atom stereocenters. The number of aliphatic hydroxyl groups is 1. The molecule has 0 amide bonds. The van der Waals surface area contributed by atoms with Crippen LogP contribution in [0.2, 0.25) is 0 Å². The Morgan fingerprint density at radius 3 is 3.06 bits per heavy atom. The number of aliphatic hydroxyl groups excluding tert-OH is 1. The summed E-state index contributed by atoms with van der Waals surface area (Å²) in [6.45, 7) is 2.40. The van der Waals surface area contributed by atoms with E-state index in [2.05, 4.69) is 20.9 Å². The highest BCUT2D eigenvalue weighted by Crippen LogP contribution is 2.33. The third-order valence-electron chi connectivity index (χ3n) is 3.39. The maximum absolute atomic E-state index is 11.4. The fourth-order valence-electron chi connectivity index (χ4n) is 2.49. The van der Waals surface area contributed by atoms with Crippen LogP contribution in [0.4, 0.5) is 0 Å². The van der Waals surface area contributed by atoms with Gasteiger partial charge in [0.1, 0.15) is 11.9 Å². The van der Waals surface area contributed by atoms with Crippen LogP contribution in [-0.2, 0) is 6.54 Å². The summed E-state index contributed by atoms with van der Waals surface area (Å²) in [5.41, 5.74) is 2.37. The van der Waals surface area contributed by atoms with Crippen molar-refractivity contribution in [3.05, 3.63) is 28.0 Å². The number of hydrogen-bond acceptors (Lipinski definition) is 3. The first-order valence-electron chi connectivity index (χ1n) is 5.96. The van der Waals surface area contributed by atoms with Crippen molar-refractivity contribution in [3.63, 3.8) is 0 Å². The van der Waals surface area contributed by atoms with E-state index in [1.54, 1.807) is 13.0 Å². The molecule has 2 aromatic rings. The van der Waals surface area contributed by atoms with E-state index in [1.165, 1.54) is 0 Å². The molecule has 2 heterocycles. The number of aromatic nitrogens is 2. The van der Waals surface area contributed by atoms with E-state index in [-0.39, 0.29) is 5.78 Å². The van der Waals surface area contributed by atoms with E-state index in [4.69, 9.17) is 0 Å². The molecule has 5 heteroatoms. The first-order valence-corrected chi connectivity index (χ1v) is 6.76. The van der Waals surface area contributed by atoms with Gasteiger partial charge in [-0.2, -0.15) is 0 Å². The highest BCUT2D eigenvalue weighted by molar-refractivity contribution is 9.10. The topological polar surface area (TPSA) is 55.1 Å². The number of halogens is 1. The van der Waals surface area contributed by atoms with Gasteiger partial charge in [-0.25, -0.2) is 4.98 Å². The molecule has 0 saturated heterocycles. The number of Topliss-reactive ketones (excluding diaryl/α,β-unsaturated/α-hetero) is 1. The number of hydrogen-bond donors (Lipinski definition) is 1. The van der Waals surface area contributed by atoms with Gasteiger partial charge in [-0.05, 0) is 47.8 Å². The van der Waals surface area contributed by atoms with Crippen molar-refractivity contribution in [2.75, 3.05) is 0 Å². The molecule has 18 heavy (non-hydrogen) atoms. The van der Waals surface area contributed by atoms with Gasteiger partial charge >= 0.3 is 0 Å². The fraction of sp³-hybridized carbons (Fsp3) is 0.385. The van der Waals surface area contributed by atoms with Crippen molar-refractivity contribution in [1.82, 2.24) is 9.55 Å². The van der Waals surface area contributed by atoms with Crippen LogP contribution in [-0.4, -0.2) is 20.4 Å². The molecule has 0 spiro atoms. The van der Waals surface area contributed by atoms with Crippen molar-refractivity contribution in [2.24, 2.45) is 0 Å². The highest BCUT2D eigenvalue weighted by atomic mass is 79.9. The molecular formula is C13H13BrN2O2. The zero-order valence-electron chi connectivity index (χ0n) is 9.98. The molecule has 1 aliphatic heterocycles. The second-order valence-corrected chi connectivity index (χ2v) is 5.52. The lowest BCUT2D eigenvalue weighted by molar-refractivity contribution is 0.101. The van der Waals surface area contributed by atoms with Crippen molar-refractivity contribution in [3.8, 4) is 0 Å². The Bertz CT molecular complexity index is 648. The molecule has 1 N–H and O–H groups in total. The summed E-state index contributed by atoms with van der Waals surface area (Å²) < 4.78 is 2.90. The molecule has 3 rings (SSSR count). The van der Waals surface area contributed by atoms with E-state index in [0.29, 0.717) is 11.4 Å². The van der Waals surface area contributed by atoms with E-state index >= 15 is 0 Å². The van der Waals surface area contributed by atoms with Crippen LogP contribution in [0.1, 0.15) is 42.1 Å². The van der Waals surface area contributed by atoms with E-state index in [1.807, 2.05) is 10.6 Å². The van der Waals surface area contributed by atoms with E-state index < -0.39 is 6.10 Å². The zero-order chi connectivity index (χ0) is 12.9. The summed E-state index contributed by atoms with van der Waals surface area (Å²) in [6.07, 6.45) is 1.19. The number of benzene rings is 1. The first-order chi connectivity index (χ1) is 8.58. The average Bonchev–Trinajstić information content (AvgIpc) is 2.69. The van der Waals surface area contributed by atoms with Gasteiger partial charge in [-0.3, -0.25) is 4.79 Å². The maximum Gasteiger partial charge on any atom is 0.159 e. The summed E-state index contributed by atoms with van der Waals surface area (Å²) >= 11 is 3.50. The molecule has 0 saturated carbocycles. The van der Waals surface area contributed by atoms with Crippen LogP contribution in [0.3, 0.4) is 0 Å². The number of imidazole rings is 1. The third kappa shape index (κ3) is 1.69. The monoisotopic (exact) mass is 308 g/mol. The van der Waals surface area contributed by atoms with Gasteiger partial charge in [0, 0.05) is 16.6 Å². The Morgan fingerprint density at radius 2 is 2.33 bits per heavy atom. The molecule has 4 nitrogen and oxygen atoms in total. The van der Waals surface area contributed by atoms with E-state index in [0.717, 1.165) is 34.9 Å². The minimum absolute atomic E-state index is 0.0177. The maximum atomic E-state index is 11.4. The lowest BCUT2D eigenvalue weighted by Crippen LogP contribution is -2.15. The summed E-state index contributed by atoms with van der Waals surface area (Å²) in [6, 6.07) is 3.61. The Balaban J connectivity index is 2.31. The molecule has 0 radical (unpaired) electrons. The standard InChI is InChI=1S/C13H13BrN2O2/c1-7(17)8-5-9(14)12-10(6-8)15-13-11(18)3-2-4-16(12)13/h5-6,11,18H,2-4H2,1H3/t11-/m1/s1. The van der Waals surface area contributed by atoms with Gasteiger partial charge in [0.15, 0.2) is 5.78 Å². The molecular weight excluding hydrogens is 296 g/mol. The normalized spacial score (nSPS) is 18.9. The SMILES string of the molecule is CC(=O)c1cc(Br)c2c(c1)nc1n2CCC[C@H]1O. The Hall–Kier alpha value is -1.20. The minimum atomic E-state index is -0.501. The van der Waals surface area contributed by atoms with Gasteiger partial charge in [0.05, 0.1) is 11.0 Å². The number of rotatable bonds is 1. The molecule has 0 fully saturated rings. The first kappa shape index (κ1) is 11.9. The lowest BCUT2D eigenvalue weighted by Gasteiger charge is -2.19.